The molecule has 0 aliphatic carbocycles. The van der Waals surface area contributed by atoms with Crippen molar-refractivity contribution in [3.8, 4) is 0 Å². The Hall–Kier alpha value is -1.29. The van der Waals surface area contributed by atoms with E-state index in [1.807, 2.05) is 26.0 Å². The minimum absolute atomic E-state index is 0.114. The molecular formula is C14H19ClN4. The van der Waals surface area contributed by atoms with Crippen LogP contribution in [0.2, 0.25) is 0 Å². The van der Waals surface area contributed by atoms with E-state index in [4.69, 9.17) is 11.6 Å². The van der Waals surface area contributed by atoms with Crippen molar-refractivity contribution in [2.24, 2.45) is 0 Å². The maximum absolute atomic E-state index is 6.30. The van der Waals surface area contributed by atoms with Gasteiger partial charge in [-0.2, -0.15) is 0 Å². The quantitative estimate of drug-likeness (QED) is 0.792. The van der Waals surface area contributed by atoms with Crippen molar-refractivity contribution in [3.63, 3.8) is 0 Å². The molecule has 1 aliphatic heterocycles. The van der Waals surface area contributed by atoms with Crippen molar-refractivity contribution >= 4 is 22.8 Å². The van der Waals surface area contributed by atoms with Crippen LogP contribution in [-0.2, 0) is 0 Å². The lowest BCUT2D eigenvalue weighted by Crippen LogP contribution is -2.40. The number of nitrogens with zero attached hydrogens (tertiary/aromatic N) is 4. The van der Waals surface area contributed by atoms with Crippen molar-refractivity contribution in [2.75, 3.05) is 18.1 Å². The van der Waals surface area contributed by atoms with Crippen molar-refractivity contribution in [1.82, 2.24) is 14.6 Å². The summed E-state index contributed by atoms with van der Waals surface area (Å²) in [4.78, 5) is 9.31. The molecule has 1 saturated heterocycles. The van der Waals surface area contributed by atoms with Gasteiger partial charge in [0.25, 0.3) is 0 Å². The summed E-state index contributed by atoms with van der Waals surface area (Å²) in [7, 11) is 0. The topological polar surface area (TPSA) is 34.0 Å². The smallest absolute Gasteiger partial charge is 0.179 e. The van der Waals surface area contributed by atoms with Gasteiger partial charge in [0.05, 0.1) is 5.38 Å². The number of hydrogen-bond donors (Lipinski definition) is 0. The van der Waals surface area contributed by atoms with E-state index >= 15 is 0 Å². The van der Waals surface area contributed by atoms with E-state index in [0.29, 0.717) is 0 Å². The molecule has 19 heavy (non-hydrogen) atoms. The Morgan fingerprint density at radius 3 is 2.58 bits per heavy atom. The highest BCUT2D eigenvalue weighted by Gasteiger charge is 2.21. The summed E-state index contributed by atoms with van der Waals surface area (Å²) in [6.45, 7) is 6.09. The minimum Gasteiger partial charge on any atom is -0.310 e. The molecule has 2 aromatic heterocycles. The Morgan fingerprint density at radius 2 is 1.89 bits per heavy atom. The van der Waals surface area contributed by atoms with Gasteiger partial charge in [-0.15, -0.1) is 11.6 Å². The summed E-state index contributed by atoms with van der Waals surface area (Å²) in [5.74, 6) is 0.900. The van der Waals surface area contributed by atoms with E-state index in [1.54, 1.807) is 0 Å². The van der Waals surface area contributed by atoms with E-state index in [2.05, 4.69) is 19.7 Å². The summed E-state index contributed by atoms with van der Waals surface area (Å²) in [5.41, 5.74) is 2.88. The van der Waals surface area contributed by atoms with Crippen LogP contribution >= 0.6 is 11.6 Å². The highest BCUT2D eigenvalue weighted by atomic mass is 35.5. The minimum atomic E-state index is -0.114. The molecular weight excluding hydrogens is 260 g/mol. The van der Waals surface area contributed by atoms with Crippen LogP contribution in [0.15, 0.2) is 12.1 Å². The molecule has 0 aromatic carbocycles. The normalized spacial score (nSPS) is 17.9. The molecule has 3 heterocycles. The van der Waals surface area contributed by atoms with E-state index < -0.39 is 0 Å². The molecule has 0 bridgehead atoms. The molecule has 0 N–H and O–H groups in total. The van der Waals surface area contributed by atoms with Crippen molar-refractivity contribution in [2.45, 2.75) is 38.5 Å². The first-order valence-electron chi connectivity index (χ1n) is 6.92. The average molecular weight is 279 g/mol. The molecule has 5 heteroatoms. The summed E-state index contributed by atoms with van der Waals surface area (Å²) in [6, 6.07) is 4.03. The summed E-state index contributed by atoms with van der Waals surface area (Å²) in [6.07, 6.45) is 3.75. The summed E-state index contributed by atoms with van der Waals surface area (Å²) in [5, 5.41) is 2.22. The molecule has 0 saturated carbocycles. The first kappa shape index (κ1) is 12.7. The lowest BCUT2D eigenvalue weighted by atomic mass is 10.2. The zero-order valence-electron chi connectivity index (χ0n) is 11.4. The largest absolute Gasteiger partial charge is 0.310 e. The SMILES string of the molecule is Cc1ccc2nc(C(C)Cl)n(N3CCCCC3)c2n1. The molecule has 0 amide bonds. The van der Waals surface area contributed by atoms with Crippen LogP contribution in [0.5, 0.6) is 0 Å². The van der Waals surface area contributed by atoms with Crippen LogP contribution in [-0.4, -0.2) is 27.7 Å². The van der Waals surface area contributed by atoms with Crippen LogP contribution in [0.1, 0.15) is 43.1 Å². The zero-order chi connectivity index (χ0) is 13.4. The van der Waals surface area contributed by atoms with Crippen LogP contribution in [0.25, 0.3) is 11.2 Å². The maximum Gasteiger partial charge on any atom is 0.179 e. The molecule has 1 unspecified atom stereocenters. The molecule has 1 fully saturated rings. The monoisotopic (exact) mass is 278 g/mol. The van der Waals surface area contributed by atoms with Gasteiger partial charge in [-0.3, -0.25) is 0 Å². The van der Waals surface area contributed by atoms with Gasteiger partial charge in [-0.1, -0.05) is 0 Å². The number of rotatable bonds is 2. The predicted octanol–water partition coefficient (Wildman–Crippen LogP) is 3.16. The third-order valence-corrected chi connectivity index (χ3v) is 3.81. The van der Waals surface area contributed by atoms with Crippen molar-refractivity contribution < 1.29 is 0 Å². The Labute approximate surface area is 118 Å². The Balaban J connectivity index is 2.17. The molecule has 1 aliphatic rings. The zero-order valence-corrected chi connectivity index (χ0v) is 12.2. The van der Waals surface area contributed by atoms with Crippen LogP contribution in [0.4, 0.5) is 0 Å². The molecule has 3 rings (SSSR count). The number of aromatic nitrogens is 3. The van der Waals surface area contributed by atoms with Gasteiger partial charge in [0.2, 0.25) is 0 Å². The number of alkyl halides is 1. The number of piperidine rings is 1. The second kappa shape index (κ2) is 5.00. The van der Waals surface area contributed by atoms with E-state index in [0.717, 1.165) is 35.8 Å². The Bertz CT molecular complexity index is 584. The second-order valence-corrected chi connectivity index (χ2v) is 5.86. The first-order valence-corrected chi connectivity index (χ1v) is 7.36. The number of fused-ring (bicyclic) bond motifs is 1. The molecule has 1 atom stereocenters. The lowest BCUT2D eigenvalue weighted by Gasteiger charge is -2.31. The van der Waals surface area contributed by atoms with Gasteiger partial charge >= 0.3 is 0 Å². The number of hydrogen-bond acceptors (Lipinski definition) is 3. The maximum atomic E-state index is 6.30. The first-order chi connectivity index (χ1) is 9.16. The Kier molecular flexibility index (Phi) is 3.35. The van der Waals surface area contributed by atoms with E-state index in [1.165, 1.54) is 19.3 Å². The number of imidazole rings is 1. The van der Waals surface area contributed by atoms with E-state index in [9.17, 15) is 0 Å². The van der Waals surface area contributed by atoms with Crippen molar-refractivity contribution in [3.05, 3.63) is 23.7 Å². The second-order valence-electron chi connectivity index (χ2n) is 5.21. The lowest BCUT2D eigenvalue weighted by molar-refractivity contribution is 0.473. The van der Waals surface area contributed by atoms with Gasteiger partial charge in [-0.25, -0.2) is 14.6 Å². The molecule has 2 aromatic rings. The standard InChI is InChI=1S/C14H19ClN4/c1-10-6-7-12-14(16-10)19(13(17-12)11(2)15)18-8-4-3-5-9-18/h6-7,11H,3-5,8-9H2,1-2H3. The fourth-order valence-corrected chi connectivity index (χ4v) is 2.81. The van der Waals surface area contributed by atoms with Gasteiger partial charge in [-0.05, 0) is 45.2 Å². The highest BCUT2D eigenvalue weighted by Crippen LogP contribution is 2.25. The van der Waals surface area contributed by atoms with Gasteiger partial charge < -0.3 is 5.01 Å². The van der Waals surface area contributed by atoms with Gasteiger partial charge in [0.1, 0.15) is 11.3 Å². The molecule has 4 nitrogen and oxygen atoms in total. The van der Waals surface area contributed by atoms with Gasteiger partial charge in [0, 0.05) is 18.8 Å². The predicted molar refractivity (Wildman–Crippen MR) is 78.3 cm³/mol. The van der Waals surface area contributed by atoms with Crippen LogP contribution < -0.4 is 5.01 Å². The molecule has 102 valence electrons. The summed E-state index contributed by atoms with van der Waals surface area (Å²) >= 11 is 6.30. The number of aryl methyl sites for hydroxylation is 1. The third-order valence-electron chi connectivity index (χ3n) is 3.62. The molecule has 0 spiro atoms. The molecule has 0 radical (unpaired) electrons. The average Bonchev–Trinajstić information content (AvgIpc) is 2.78. The van der Waals surface area contributed by atoms with E-state index in [-0.39, 0.29) is 5.38 Å². The van der Waals surface area contributed by atoms with Crippen LogP contribution in [0.3, 0.4) is 0 Å². The highest BCUT2D eigenvalue weighted by molar-refractivity contribution is 6.20. The summed E-state index contributed by atoms with van der Waals surface area (Å²) < 4.78 is 2.14. The van der Waals surface area contributed by atoms with Crippen molar-refractivity contribution in [1.29, 1.82) is 0 Å². The fraction of sp³-hybridized carbons (Fsp3) is 0.571. The number of pyridine rings is 1. The van der Waals surface area contributed by atoms with Gasteiger partial charge in [0.15, 0.2) is 5.65 Å². The third kappa shape index (κ3) is 2.29. The van der Waals surface area contributed by atoms with Crippen LogP contribution in [0, 0.1) is 6.92 Å². The fourth-order valence-electron chi connectivity index (χ4n) is 2.67. The number of halogens is 1. The Morgan fingerprint density at radius 1 is 1.16 bits per heavy atom.